The molecule has 0 N–H and O–H groups in total. The number of rotatable bonds is 8. The monoisotopic (exact) mass is 453 g/mol. The number of para-hydroxylation sites is 2. The maximum atomic E-state index is 6.22. The molecule has 158 valence electrons. The van der Waals surface area contributed by atoms with Gasteiger partial charge in [0.2, 0.25) is 5.89 Å². The highest BCUT2D eigenvalue weighted by atomic mass is 35.5. The molecule has 4 aromatic rings. The Bertz CT molecular complexity index is 1180. The van der Waals surface area contributed by atoms with Crippen LogP contribution in [0.2, 0.25) is 5.02 Å². The Morgan fingerprint density at radius 2 is 1.90 bits per heavy atom. The van der Waals surface area contributed by atoms with E-state index in [0.29, 0.717) is 28.4 Å². The smallest absolute Gasteiger partial charge is 0.239 e. The van der Waals surface area contributed by atoms with Crippen molar-refractivity contribution in [2.45, 2.75) is 42.7 Å². The van der Waals surface area contributed by atoms with Crippen LogP contribution in [0.4, 0.5) is 0 Å². The van der Waals surface area contributed by atoms with Gasteiger partial charge in [-0.05, 0) is 44.0 Å². The molecule has 1 aliphatic rings. The average molecular weight is 454 g/mol. The van der Waals surface area contributed by atoms with Crippen LogP contribution in [-0.2, 0) is 6.61 Å². The number of hydrogen-bond acceptors (Lipinski definition) is 7. The summed E-state index contributed by atoms with van der Waals surface area (Å²) in [6.45, 7) is 2.26. The fraction of sp³-hybridized carbons (Fsp3) is 0.273. The van der Waals surface area contributed by atoms with Gasteiger partial charge in [-0.3, -0.25) is 4.57 Å². The standard InChI is InChI=1S/C22H20ClN5O2S/c1-14(21-24-20(27-30-21)15-11-12-15)31-22-26-25-19(28(22)16-7-3-2-4-8-16)13-29-18-10-6-5-9-17(18)23/h2-10,14-15H,11-13H2,1H3. The van der Waals surface area contributed by atoms with Crippen LogP contribution < -0.4 is 4.74 Å². The van der Waals surface area contributed by atoms with E-state index in [-0.39, 0.29) is 11.9 Å². The Morgan fingerprint density at radius 1 is 1.13 bits per heavy atom. The number of nitrogens with zero attached hydrogens (tertiary/aromatic N) is 5. The molecule has 0 radical (unpaired) electrons. The van der Waals surface area contributed by atoms with Gasteiger partial charge in [0.05, 0.1) is 10.3 Å². The van der Waals surface area contributed by atoms with Gasteiger partial charge in [-0.25, -0.2) is 0 Å². The third-order valence-corrected chi connectivity index (χ3v) is 6.28. The van der Waals surface area contributed by atoms with E-state index in [4.69, 9.17) is 20.9 Å². The molecular formula is C22H20ClN5O2S. The van der Waals surface area contributed by atoms with E-state index in [1.165, 1.54) is 11.8 Å². The lowest BCUT2D eigenvalue weighted by molar-refractivity contribution is 0.293. The molecule has 2 aromatic heterocycles. The molecule has 7 nitrogen and oxygen atoms in total. The first kappa shape index (κ1) is 20.1. The Kier molecular flexibility index (Phi) is 5.65. The number of aromatic nitrogens is 5. The summed E-state index contributed by atoms with van der Waals surface area (Å²) in [6, 6.07) is 17.3. The van der Waals surface area contributed by atoms with Crippen LogP contribution in [0.5, 0.6) is 5.75 Å². The zero-order chi connectivity index (χ0) is 21.2. The van der Waals surface area contributed by atoms with Crippen LogP contribution in [0.25, 0.3) is 5.69 Å². The summed E-state index contributed by atoms with van der Waals surface area (Å²) in [5, 5.41) is 14.1. The first-order chi connectivity index (χ1) is 15.2. The predicted octanol–water partition coefficient (Wildman–Crippen LogP) is 5.61. The van der Waals surface area contributed by atoms with Crippen molar-refractivity contribution < 1.29 is 9.26 Å². The van der Waals surface area contributed by atoms with E-state index < -0.39 is 0 Å². The highest BCUT2D eigenvalue weighted by molar-refractivity contribution is 7.99. The first-order valence-corrected chi connectivity index (χ1v) is 11.3. The molecule has 0 spiro atoms. The molecule has 0 amide bonds. The number of thioether (sulfide) groups is 1. The summed E-state index contributed by atoms with van der Waals surface area (Å²) in [5.41, 5.74) is 0.948. The molecule has 1 unspecified atom stereocenters. The van der Waals surface area contributed by atoms with Crippen LogP contribution in [-0.4, -0.2) is 24.9 Å². The van der Waals surface area contributed by atoms with Crippen molar-refractivity contribution >= 4 is 23.4 Å². The Balaban J connectivity index is 1.40. The Hall–Kier alpha value is -2.84. The summed E-state index contributed by atoms with van der Waals surface area (Å²) in [6.07, 6.45) is 2.27. The molecular weight excluding hydrogens is 434 g/mol. The molecule has 1 saturated carbocycles. The molecule has 5 rings (SSSR count). The summed E-state index contributed by atoms with van der Waals surface area (Å²) in [7, 11) is 0. The molecule has 0 saturated heterocycles. The topological polar surface area (TPSA) is 78.9 Å². The second-order valence-electron chi connectivity index (χ2n) is 7.31. The molecule has 2 heterocycles. The van der Waals surface area contributed by atoms with Crippen molar-refractivity contribution in [3.63, 3.8) is 0 Å². The van der Waals surface area contributed by atoms with Crippen molar-refractivity contribution in [2.24, 2.45) is 0 Å². The lowest BCUT2D eigenvalue weighted by atomic mass is 10.3. The van der Waals surface area contributed by atoms with Crippen LogP contribution in [0.1, 0.15) is 48.5 Å². The van der Waals surface area contributed by atoms with Crippen LogP contribution in [0.3, 0.4) is 0 Å². The number of ether oxygens (including phenoxy) is 1. The zero-order valence-corrected chi connectivity index (χ0v) is 18.4. The summed E-state index contributed by atoms with van der Waals surface area (Å²) in [5.74, 6) is 3.14. The third-order valence-electron chi connectivity index (χ3n) is 4.94. The fourth-order valence-corrected chi connectivity index (χ4v) is 4.25. The van der Waals surface area contributed by atoms with Crippen LogP contribution in [0.15, 0.2) is 64.3 Å². The van der Waals surface area contributed by atoms with Crippen molar-refractivity contribution in [2.75, 3.05) is 0 Å². The second-order valence-corrected chi connectivity index (χ2v) is 9.03. The Labute approximate surface area is 188 Å². The van der Waals surface area contributed by atoms with E-state index in [0.717, 1.165) is 29.5 Å². The molecule has 0 aliphatic heterocycles. The van der Waals surface area contributed by atoms with E-state index >= 15 is 0 Å². The van der Waals surface area contributed by atoms with Gasteiger partial charge < -0.3 is 9.26 Å². The van der Waals surface area contributed by atoms with E-state index in [9.17, 15) is 0 Å². The van der Waals surface area contributed by atoms with Gasteiger partial charge in [0.25, 0.3) is 0 Å². The third kappa shape index (κ3) is 4.45. The predicted molar refractivity (Wildman–Crippen MR) is 118 cm³/mol. The molecule has 1 atom stereocenters. The fourth-order valence-electron chi connectivity index (χ4n) is 3.14. The van der Waals surface area contributed by atoms with Crippen molar-refractivity contribution in [1.82, 2.24) is 24.9 Å². The average Bonchev–Trinajstić information content (AvgIpc) is 3.38. The van der Waals surface area contributed by atoms with Crippen molar-refractivity contribution in [1.29, 1.82) is 0 Å². The first-order valence-electron chi connectivity index (χ1n) is 10.1. The number of halogens is 1. The van der Waals surface area contributed by atoms with Crippen LogP contribution >= 0.6 is 23.4 Å². The van der Waals surface area contributed by atoms with Gasteiger partial charge in [0.1, 0.15) is 12.4 Å². The summed E-state index contributed by atoms with van der Waals surface area (Å²) < 4.78 is 13.4. The van der Waals surface area contributed by atoms with Crippen LogP contribution in [0, 0.1) is 0 Å². The quantitative estimate of drug-likeness (QED) is 0.320. The van der Waals surface area contributed by atoms with Gasteiger partial charge in [-0.2, -0.15) is 4.98 Å². The minimum atomic E-state index is -0.0657. The summed E-state index contributed by atoms with van der Waals surface area (Å²) in [4.78, 5) is 4.57. The van der Waals surface area contributed by atoms with Gasteiger partial charge in [0.15, 0.2) is 16.8 Å². The lowest BCUT2D eigenvalue weighted by Gasteiger charge is -2.12. The molecule has 31 heavy (non-hydrogen) atoms. The lowest BCUT2D eigenvalue weighted by Crippen LogP contribution is -2.07. The maximum Gasteiger partial charge on any atom is 0.239 e. The molecule has 9 heteroatoms. The molecule has 2 aromatic carbocycles. The van der Waals surface area contributed by atoms with E-state index in [1.807, 2.05) is 60.0 Å². The van der Waals surface area contributed by atoms with Crippen molar-refractivity contribution in [3.8, 4) is 11.4 Å². The number of benzene rings is 2. The minimum absolute atomic E-state index is 0.0657. The van der Waals surface area contributed by atoms with Gasteiger partial charge in [0, 0.05) is 11.6 Å². The van der Waals surface area contributed by atoms with Crippen molar-refractivity contribution in [3.05, 3.63) is 77.2 Å². The summed E-state index contributed by atoms with van der Waals surface area (Å²) >= 11 is 7.74. The van der Waals surface area contributed by atoms with Gasteiger partial charge in [-0.1, -0.05) is 58.9 Å². The zero-order valence-electron chi connectivity index (χ0n) is 16.8. The second kappa shape index (κ2) is 8.72. The molecule has 1 fully saturated rings. The Morgan fingerprint density at radius 3 is 2.68 bits per heavy atom. The number of hydrogen-bond donors (Lipinski definition) is 0. The SMILES string of the molecule is CC(Sc1nnc(COc2ccccc2Cl)n1-c1ccccc1)c1nc(C2CC2)no1. The van der Waals surface area contributed by atoms with E-state index in [2.05, 4.69) is 20.3 Å². The highest BCUT2D eigenvalue weighted by Crippen LogP contribution is 2.40. The van der Waals surface area contributed by atoms with Gasteiger partial charge >= 0.3 is 0 Å². The largest absolute Gasteiger partial charge is 0.484 e. The normalized spacial score (nSPS) is 14.5. The van der Waals surface area contributed by atoms with E-state index in [1.54, 1.807) is 6.07 Å². The van der Waals surface area contributed by atoms with Gasteiger partial charge in [-0.15, -0.1) is 10.2 Å². The maximum absolute atomic E-state index is 6.22. The molecule has 0 bridgehead atoms. The highest BCUT2D eigenvalue weighted by Gasteiger charge is 2.30. The minimum Gasteiger partial charge on any atom is -0.484 e. The molecule has 1 aliphatic carbocycles.